The number of unbranched alkanes of at least 4 members (excludes halogenated alkanes) is 9. The first kappa shape index (κ1) is 21.7. The molecule has 152 valence electrons. The van der Waals surface area contributed by atoms with E-state index < -0.39 is 0 Å². The molecule has 0 radical (unpaired) electrons. The van der Waals surface area contributed by atoms with Crippen LogP contribution in [-0.4, -0.2) is 28.2 Å². The van der Waals surface area contributed by atoms with Crippen LogP contribution in [0.4, 0.5) is 0 Å². The fourth-order valence-corrected chi connectivity index (χ4v) is 4.07. The summed E-state index contributed by atoms with van der Waals surface area (Å²) in [6.45, 7) is 4.78. The highest BCUT2D eigenvalue weighted by Gasteiger charge is 2.41. The van der Waals surface area contributed by atoms with E-state index in [2.05, 4.69) is 6.92 Å². The molecule has 0 aromatic carbocycles. The Morgan fingerprint density at radius 3 is 2.26 bits per heavy atom. The maximum absolute atomic E-state index is 12.6. The van der Waals surface area contributed by atoms with Gasteiger partial charge < -0.3 is 4.52 Å². The van der Waals surface area contributed by atoms with Gasteiger partial charge in [-0.25, -0.2) is 9.28 Å². The molecule has 1 unspecified atom stereocenters. The second kappa shape index (κ2) is 12.8. The molecule has 2 heterocycles. The first-order valence-corrected chi connectivity index (χ1v) is 11.1. The van der Waals surface area contributed by atoms with Crippen LogP contribution in [-0.2, 0) is 11.5 Å². The van der Waals surface area contributed by atoms with Crippen LogP contribution in [0.25, 0.3) is 0 Å². The molecule has 4 nitrogen and oxygen atoms in total. The molecule has 1 fully saturated rings. The topological polar surface area (TPSA) is 35.1 Å². The largest absolute Gasteiger partial charge is 0.383 e. The fraction of sp³-hybridized carbons (Fsp3) is 0.696. The van der Waals surface area contributed by atoms with Crippen LogP contribution >= 0.6 is 0 Å². The van der Waals surface area contributed by atoms with Gasteiger partial charge in [-0.15, -0.1) is 0 Å². The molecule has 0 aliphatic carbocycles. The standard InChI is InChI=1S/C23H39N2O2/c1-2-3-4-5-6-7-8-9-11-14-19-25(20-16-17-23(25)26)22-24-18-13-10-12-15-21-27-24/h10,12-13,15,18,21H,2-9,11,14,16-17,19-20,22H2,1H3/q+1. The average molecular weight is 376 g/mol. The summed E-state index contributed by atoms with van der Waals surface area (Å²) in [5.74, 6) is 0.379. The van der Waals surface area contributed by atoms with Crippen molar-refractivity contribution in [2.24, 2.45) is 0 Å². The van der Waals surface area contributed by atoms with E-state index >= 15 is 0 Å². The Balaban J connectivity index is 1.73. The zero-order chi connectivity index (χ0) is 19.2. The minimum absolute atomic E-state index is 0.379. The number of likely N-dealkylation sites (tertiary alicyclic amines) is 1. The molecule has 1 aromatic heterocycles. The van der Waals surface area contributed by atoms with Crippen molar-refractivity contribution in [1.29, 1.82) is 0 Å². The van der Waals surface area contributed by atoms with Gasteiger partial charge in [0.15, 0.2) is 6.67 Å². The molecular formula is C23H39N2O2+. The van der Waals surface area contributed by atoms with Crippen LogP contribution in [0.3, 0.4) is 0 Å². The highest BCUT2D eigenvalue weighted by Crippen LogP contribution is 2.24. The predicted octanol–water partition coefficient (Wildman–Crippen LogP) is 6.22. The third-order valence-corrected chi connectivity index (χ3v) is 5.72. The van der Waals surface area contributed by atoms with Crippen molar-refractivity contribution >= 4 is 5.91 Å². The van der Waals surface area contributed by atoms with Crippen LogP contribution in [0.1, 0.15) is 84.0 Å². The Hall–Kier alpha value is -1.55. The number of quaternary nitrogens is 1. The van der Waals surface area contributed by atoms with Crippen molar-refractivity contribution in [2.45, 2.75) is 90.6 Å². The van der Waals surface area contributed by atoms with E-state index in [1.54, 1.807) is 11.0 Å². The Bertz CT molecular complexity index is 557. The van der Waals surface area contributed by atoms with E-state index in [0.29, 0.717) is 23.5 Å². The number of hydrogen-bond donors (Lipinski definition) is 0. The lowest BCUT2D eigenvalue weighted by Crippen LogP contribution is -2.50. The third kappa shape index (κ3) is 7.92. The highest BCUT2D eigenvalue weighted by atomic mass is 16.5. The van der Waals surface area contributed by atoms with E-state index in [1.807, 2.05) is 30.5 Å². The number of hydrogen-bond acceptors (Lipinski definition) is 2. The van der Waals surface area contributed by atoms with Crippen molar-refractivity contribution in [1.82, 2.24) is 4.74 Å². The zero-order valence-corrected chi connectivity index (χ0v) is 17.3. The predicted molar refractivity (Wildman–Crippen MR) is 110 cm³/mol. The van der Waals surface area contributed by atoms with Gasteiger partial charge in [0.1, 0.15) is 6.26 Å². The first-order valence-electron chi connectivity index (χ1n) is 11.1. The fourth-order valence-electron chi connectivity index (χ4n) is 4.07. The Morgan fingerprint density at radius 1 is 0.926 bits per heavy atom. The van der Waals surface area contributed by atoms with Crippen LogP contribution in [0.5, 0.6) is 0 Å². The van der Waals surface area contributed by atoms with Gasteiger partial charge in [-0.3, -0.25) is 0 Å². The van der Waals surface area contributed by atoms with Crippen molar-refractivity contribution in [3.63, 3.8) is 0 Å². The lowest BCUT2D eigenvalue weighted by Gasteiger charge is -2.31. The van der Waals surface area contributed by atoms with Gasteiger partial charge in [-0.2, -0.15) is 4.74 Å². The molecule has 1 aromatic rings. The summed E-state index contributed by atoms with van der Waals surface area (Å²) in [5, 5.41) is 0. The van der Waals surface area contributed by atoms with E-state index in [9.17, 15) is 4.79 Å². The zero-order valence-electron chi connectivity index (χ0n) is 17.3. The summed E-state index contributed by atoms with van der Waals surface area (Å²) >= 11 is 0. The van der Waals surface area contributed by atoms with Gasteiger partial charge in [-0.1, -0.05) is 70.4 Å². The Morgan fingerprint density at radius 2 is 1.59 bits per heavy atom. The SMILES string of the molecule is CCCCCCCCCCCC[N+]1(Cn2cccccco2)CCCC1=O. The van der Waals surface area contributed by atoms with Gasteiger partial charge >= 0.3 is 5.91 Å². The molecule has 1 aliphatic heterocycles. The molecule has 0 bridgehead atoms. The second-order valence-corrected chi connectivity index (χ2v) is 7.99. The third-order valence-electron chi connectivity index (χ3n) is 5.72. The summed E-state index contributed by atoms with van der Waals surface area (Å²) in [6.07, 6.45) is 18.6. The molecule has 4 heteroatoms. The van der Waals surface area contributed by atoms with Crippen molar-refractivity contribution in [3.05, 3.63) is 36.7 Å². The summed E-state index contributed by atoms with van der Waals surface area (Å²) in [6, 6.07) is 7.74. The molecule has 1 atom stereocenters. The summed E-state index contributed by atoms with van der Waals surface area (Å²) in [5.41, 5.74) is 0. The highest BCUT2D eigenvalue weighted by molar-refractivity contribution is 5.70. The quantitative estimate of drug-likeness (QED) is 0.303. The Kier molecular flexibility index (Phi) is 10.3. The van der Waals surface area contributed by atoms with Gasteiger partial charge in [-0.05, 0) is 25.0 Å². The van der Waals surface area contributed by atoms with Gasteiger partial charge in [0.25, 0.3) is 0 Å². The normalized spacial score (nSPS) is 19.4. The number of rotatable bonds is 13. The van der Waals surface area contributed by atoms with E-state index in [1.165, 1.54) is 57.8 Å². The molecule has 0 saturated carbocycles. The smallest absolute Gasteiger partial charge is 0.315 e. The summed E-state index contributed by atoms with van der Waals surface area (Å²) in [4.78, 5) is 12.6. The minimum atomic E-state index is 0.379. The summed E-state index contributed by atoms with van der Waals surface area (Å²) < 4.78 is 8.02. The lowest BCUT2D eigenvalue weighted by atomic mass is 10.1. The van der Waals surface area contributed by atoms with Gasteiger partial charge in [0, 0.05) is 12.6 Å². The first-order chi connectivity index (χ1) is 13.3. The Labute approximate surface area is 165 Å². The van der Waals surface area contributed by atoms with Crippen molar-refractivity contribution in [3.8, 4) is 0 Å². The molecule has 1 saturated heterocycles. The molecule has 1 amide bonds. The molecular weight excluding hydrogens is 336 g/mol. The number of nitrogens with zero attached hydrogens (tertiary/aromatic N) is 2. The van der Waals surface area contributed by atoms with Crippen LogP contribution in [0.15, 0.2) is 41.2 Å². The van der Waals surface area contributed by atoms with E-state index in [-0.39, 0.29) is 0 Å². The van der Waals surface area contributed by atoms with Gasteiger partial charge in [0.05, 0.1) is 19.5 Å². The van der Waals surface area contributed by atoms with E-state index in [0.717, 1.165) is 25.9 Å². The van der Waals surface area contributed by atoms with Crippen LogP contribution in [0, 0.1) is 0 Å². The molecule has 0 spiro atoms. The average Bonchev–Trinajstić information content (AvgIpc) is 2.99. The molecule has 2 rings (SSSR count). The minimum Gasteiger partial charge on any atom is -0.383 e. The summed E-state index contributed by atoms with van der Waals surface area (Å²) in [7, 11) is 0. The van der Waals surface area contributed by atoms with Crippen LogP contribution < -0.4 is 0 Å². The van der Waals surface area contributed by atoms with Crippen LogP contribution in [0.2, 0.25) is 0 Å². The number of carbonyl (C=O) groups excluding carboxylic acids is 1. The molecule has 1 aliphatic rings. The van der Waals surface area contributed by atoms with Crippen molar-refractivity contribution < 1.29 is 13.8 Å². The molecule has 27 heavy (non-hydrogen) atoms. The second-order valence-electron chi connectivity index (χ2n) is 7.99. The van der Waals surface area contributed by atoms with Gasteiger partial charge in [0.2, 0.25) is 0 Å². The molecule has 0 N–H and O–H groups in total. The van der Waals surface area contributed by atoms with Crippen molar-refractivity contribution in [2.75, 3.05) is 13.1 Å². The number of amides is 1. The number of carbonyl (C=O) groups is 1. The lowest BCUT2D eigenvalue weighted by molar-refractivity contribution is -0.871. The number of aromatic nitrogens is 1. The maximum atomic E-state index is 12.6. The van der Waals surface area contributed by atoms with E-state index in [4.69, 9.17) is 4.52 Å². The monoisotopic (exact) mass is 375 g/mol. The maximum Gasteiger partial charge on any atom is 0.315 e.